The number of rotatable bonds is 3. The Balaban J connectivity index is 3.71. The molecular weight excluding hydrogens is 161 g/mol. The molecule has 0 saturated heterocycles. The Labute approximate surface area is 62.3 Å². The van der Waals surface area contributed by atoms with Gasteiger partial charge in [-0.1, -0.05) is 0 Å². The Morgan fingerprint density at radius 3 is 2.27 bits per heavy atom. The van der Waals surface area contributed by atoms with E-state index in [1.807, 2.05) is 0 Å². The van der Waals surface area contributed by atoms with Gasteiger partial charge in [0.05, 0.1) is 0 Å². The van der Waals surface area contributed by atoms with Crippen molar-refractivity contribution in [2.24, 2.45) is 0 Å². The highest BCUT2D eigenvalue weighted by Crippen LogP contribution is 2.10. The van der Waals surface area contributed by atoms with Gasteiger partial charge in [-0.2, -0.15) is 0 Å². The molecule has 0 rings (SSSR count). The van der Waals surface area contributed by atoms with Crippen LogP contribution in [0.5, 0.6) is 0 Å². The topological polar surface area (TPSA) is 26.3 Å². The van der Waals surface area contributed by atoms with Crippen LogP contribution in [0.15, 0.2) is 0 Å². The summed E-state index contributed by atoms with van der Waals surface area (Å²) in [6.07, 6.45) is -2.75. The predicted molar refractivity (Wildman–Crippen MR) is 32.1 cm³/mol. The fourth-order valence-corrected chi connectivity index (χ4v) is 0.310. The van der Waals surface area contributed by atoms with E-state index >= 15 is 0 Å². The molecule has 0 amide bonds. The molecule has 0 aromatic heterocycles. The van der Waals surface area contributed by atoms with E-state index in [-0.39, 0.29) is 0 Å². The smallest absolute Gasteiger partial charge is 0.343 e. The lowest BCUT2D eigenvalue weighted by Gasteiger charge is -2.12. The van der Waals surface area contributed by atoms with E-state index < -0.39 is 24.7 Å². The number of carbonyl (C=O) groups is 1. The number of ether oxygens (including phenoxy) is 1. The number of hydrogen-bond acceptors (Lipinski definition) is 2. The van der Waals surface area contributed by atoms with Gasteiger partial charge in [0.15, 0.2) is 6.61 Å². The minimum absolute atomic E-state index is 0.945. The van der Waals surface area contributed by atoms with Gasteiger partial charge in [0.1, 0.15) is 0 Å². The quantitative estimate of drug-likeness (QED) is 0.600. The Bertz CT molecular complexity index is 139. The Hall–Kier alpha value is -0.740. The van der Waals surface area contributed by atoms with Gasteiger partial charge in [0.2, 0.25) is 5.67 Å². The second-order valence-corrected chi connectivity index (χ2v) is 2.46. The summed E-state index contributed by atoms with van der Waals surface area (Å²) in [5.74, 6) is -1.27. The average Bonchev–Trinajstić information content (AvgIpc) is 1.80. The molecule has 0 aliphatic rings. The van der Waals surface area contributed by atoms with Crippen molar-refractivity contribution < 1.29 is 22.7 Å². The fraction of sp³-hybridized carbons (Fsp3) is 0.833. The molecule has 0 saturated carbocycles. The maximum Gasteiger partial charge on any atom is 0.343 e. The average molecular weight is 170 g/mol. The van der Waals surface area contributed by atoms with E-state index in [1.54, 1.807) is 0 Å². The lowest BCUT2D eigenvalue weighted by Crippen LogP contribution is -2.29. The molecule has 0 radical (unpaired) electrons. The summed E-state index contributed by atoms with van der Waals surface area (Å²) in [5.41, 5.74) is -2.20. The van der Waals surface area contributed by atoms with E-state index in [0.29, 0.717) is 0 Å². The summed E-state index contributed by atoms with van der Waals surface area (Å²) in [6.45, 7) is 0.841. The van der Waals surface area contributed by atoms with Crippen LogP contribution in [0.1, 0.15) is 13.8 Å². The van der Waals surface area contributed by atoms with Gasteiger partial charge >= 0.3 is 5.97 Å². The first kappa shape index (κ1) is 10.3. The third kappa shape index (κ3) is 4.64. The van der Waals surface area contributed by atoms with Crippen LogP contribution in [-0.4, -0.2) is 24.7 Å². The van der Waals surface area contributed by atoms with Crippen molar-refractivity contribution in [3.05, 3.63) is 0 Å². The summed E-state index contributed by atoms with van der Waals surface area (Å²) in [6, 6.07) is 0. The normalized spacial score (nSPS) is 11.8. The van der Waals surface area contributed by atoms with Crippen molar-refractivity contribution >= 4 is 5.97 Å². The van der Waals surface area contributed by atoms with Gasteiger partial charge in [0.25, 0.3) is 6.43 Å². The molecule has 0 fully saturated rings. The van der Waals surface area contributed by atoms with Crippen molar-refractivity contribution in [1.29, 1.82) is 0 Å². The van der Waals surface area contributed by atoms with Crippen LogP contribution in [0.4, 0.5) is 13.2 Å². The zero-order valence-electron chi connectivity index (χ0n) is 6.23. The fourth-order valence-electron chi connectivity index (χ4n) is 0.310. The second kappa shape index (κ2) is 3.59. The molecule has 11 heavy (non-hydrogen) atoms. The van der Waals surface area contributed by atoms with Gasteiger partial charge in [-0.15, -0.1) is 0 Å². The first-order valence-corrected chi connectivity index (χ1v) is 2.98. The highest BCUT2D eigenvalue weighted by Gasteiger charge is 2.29. The summed E-state index contributed by atoms with van der Waals surface area (Å²) < 4.78 is 39.2. The Kier molecular flexibility index (Phi) is 3.35. The first-order valence-electron chi connectivity index (χ1n) is 2.98. The predicted octanol–water partition coefficient (Wildman–Crippen LogP) is 1.54. The van der Waals surface area contributed by atoms with Gasteiger partial charge in [-0.25, -0.2) is 18.0 Å². The maximum absolute atomic E-state index is 12.5. The van der Waals surface area contributed by atoms with Crippen LogP contribution in [0.3, 0.4) is 0 Å². The first-order chi connectivity index (χ1) is 4.84. The summed E-state index contributed by atoms with van der Waals surface area (Å²) >= 11 is 0. The highest BCUT2D eigenvalue weighted by molar-refractivity contribution is 5.78. The summed E-state index contributed by atoms with van der Waals surface area (Å²) in [4.78, 5) is 10.4. The Morgan fingerprint density at radius 2 is 2.00 bits per heavy atom. The molecule has 0 aliphatic carbocycles. The molecule has 0 aromatic rings. The van der Waals surface area contributed by atoms with Crippen LogP contribution < -0.4 is 0 Å². The lowest BCUT2D eigenvalue weighted by atomic mass is 10.2. The molecule has 5 heteroatoms. The molecule has 2 nitrogen and oxygen atoms in total. The molecule has 0 unspecified atom stereocenters. The van der Waals surface area contributed by atoms with Gasteiger partial charge in [0, 0.05) is 0 Å². The monoisotopic (exact) mass is 170 g/mol. The van der Waals surface area contributed by atoms with Crippen LogP contribution >= 0.6 is 0 Å². The van der Waals surface area contributed by atoms with E-state index in [2.05, 4.69) is 4.74 Å². The molecule has 0 bridgehead atoms. The lowest BCUT2D eigenvalue weighted by molar-refractivity contribution is -0.159. The minimum atomic E-state index is -2.75. The molecule has 0 aromatic carbocycles. The number of carbonyl (C=O) groups excluding carboxylic acids is 1. The standard InChI is InChI=1S/C6H9F3O2/c1-6(2,9)5(10)11-3-4(7)8/h4H,3H2,1-2H3. The summed E-state index contributed by atoms with van der Waals surface area (Å²) in [5, 5.41) is 0. The molecule has 0 heterocycles. The largest absolute Gasteiger partial charge is 0.457 e. The zero-order chi connectivity index (χ0) is 9.07. The van der Waals surface area contributed by atoms with Crippen LogP contribution in [-0.2, 0) is 9.53 Å². The molecule has 66 valence electrons. The van der Waals surface area contributed by atoms with Crippen LogP contribution in [0, 0.1) is 0 Å². The van der Waals surface area contributed by atoms with Crippen LogP contribution in [0.25, 0.3) is 0 Å². The van der Waals surface area contributed by atoms with E-state index in [0.717, 1.165) is 13.8 Å². The number of esters is 1. The molecular formula is C6H9F3O2. The van der Waals surface area contributed by atoms with E-state index in [9.17, 15) is 18.0 Å². The number of halogens is 3. The van der Waals surface area contributed by atoms with E-state index in [1.165, 1.54) is 0 Å². The Morgan fingerprint density at radius 1 is 1.55 bits per heavy atom. The van der Waals surface area contributed by atoms with Gasteiger partial charge in [-0.3, -0.25) is 0 Å². The number of hydrogen-bond donors (Lipinski definition) is 0. The highest BCUT2D eigenvalue weighted by atomic mass is 19.3. The van der Waals surface area contributed by atoms with Gasteiger partial charge in [-0.05, 0) is 13.8 Å². The molecule has 0 aliphatic heterocycles. The second-order valence-electron chi connectivity index (χ2n) is 2.46. The number of alkyl halides is 3. The molecule has 0 N–H and O–H groups in total. The van der Waals surface area contributed by atoms with Crippen molar-refractivity contribution in [2.45, 2.75) is 25.9 Å². The van der Waals surface area contributed by atoms with Gasteiger partial charge < -0.3 is 4.74 Å². The summed E-state index contributed by atoms with van der Waals surface area (Å²) in [7, 11) is 0. The third-order valence-corrected chi connectivity index (χ3v) is 0.826. The molecule has 0 spiro atoms. The molecule has 0 atom stereocenters. The van der Waals surface area contributed by atoms with Crippen molar-refractivity contribution in [3.63, 3.8) is 0 Å². The SMILES string of the molecule is CC(C)(F)C(=O)OCC(F)F. The third-order valence-electron chi connectivity index (χ3n) is 0.826. The minimum Gasteiger partial charge on any atom is -0.457 e. The van der Waals surface area contributed by atoms with Crippen molar-refractivity contribution in [2.75, 3.05) is 6.61 Å². The van der Waals surface area contributed by atoms with Crippen molar-refractivity contribution in [1.82, 2.24) is 0 Å². The van der Waals surface area contributed by atoms with E-state index in [4.69, 9.17) is 0 Å². The van der Waals surface area contributed by atoms with Crippen LogP contribution in [0.2, 0.25) is 0 Å². The zero-order valence-corrected chi connectivity index (χ0v) is 6.23. The van der Waals surface area contributed by atoms with Crippen molar-refractivity contribution in [3.8, 4) is 0 Å². The maximum atomic E-state index is 12.5.